The second-order valence-electron chi connectivity index (χ2n) is 7.81. The smallest absolute Gasteiger partial charge is 0.350 e. The van der Waals surface area contributed by atoms with Crippen molar-refractivity contribution in [2.75, 3.05) is 6.61 Å². The number of nitrogens with zero attached hydrogens (tertiary/aromatic N) is 3. The molecule has 8 heteroatoms. The zero-order valence-electron chi connectivity index (χ0n) is 18.3. The van der Waals surface area contributed by atoms with Crippen LogP contribution in [-0.2, 0) is 16.1 Å². The molecule has 0 amide bonds. The van der Waals surface area contributed by atoms with Crippen molar-refractivity contribution in [1.82, 2.24) is 14.3 Å². The lowest BCUT2D eigenvalue weighted by Crippen LogP contribution is -2.40. The largest absolute Gasteiger partial charge is 0.476 e. The van der Waals surface area contributed by atoms with E-state index in [1.54, 1.807) is 20.8 Å². The molecule has 0 fully saturated rings. The summed E-state index contributed by atoms with van der Waals surface area (Å²) in [5.41, 5.74) is 1.61. The first-order valence-electron chi connectivity index (χ1n) is 9.99. The van der Waals surface area contributed by atoms with E-state index in [1.165, 1.54) is 39.8 Å². The van der Waals surface area contributed by atoms with Crippen molar-refractivity contribution in [3.8, 4) is 11.4 Å². The summed E-state index contributed by atoms with van der Waals surface area (Å²) in [6.45, 7) is 9.38. The third kappa shape index (κ3) is 4.84. The summed E-state index contributed by atoms with van der Waals surface area (Å²) in [5.74, 6) is -0.203. The van der Waals surface area contributed by atoms with Gasteiger partial charge in [0.15, 0.2) is 5.60 Å². The van der Waals surface area contributed by atoms with Gasteiger partial charge < -0.3 is 9.47 Å². The van der Waals surface area contributed by atoms with Gasteiger partial charge in [-0.25, -0.2) is 23.2 Å². The Hall–Kier alpha value is -3.42. The molecule has 0 bridgehead atoms. The third-order valence-corrected chi connectivity index (χ3v) is 4.81. The molecule has 7 nitrogen and oxygen atoms in total. The minimum absolute atomic E-state index is 0.260. The Balaban J connectivity index is 1.84. The van der Waals surface area contributed by atoms with Gasteiger partial charge in [0, 0.05) is 0 Å². The lowest BCUT2D eigenvalue weighted by molar-refractivity contribution is -0.158. The normalized spacial score (nSPS) is 11.4. The highest BCUT2D eigenvalue weighted by Crippen LogP contribution is 2.29. The highest BCUT2D eigenvalue weighted by molar-refractivity contribution is 5.79. The Morgan fingerprint density at radius 1 is 1.13 bits per heavy atom. The van der Waals surface area contributed by atoms with E-state index in [2.05, 4.69) is 5.10 Å². The van der Waals surface area contributed by atoms with Crippen LogP contribution in [0.4, 0.5) is 4.39 Å². The van der Waals surface area contributed by atoms with Crippen molar-refractivity contribution in [2.24, 2.45) is 0 Å². The number of hydrogen-bond donors (Lipinski definition) is 0. The highest BCUT2D eigenvalue weighted by atomic mass is 19.1. The fourth-order valence-electron chi connectivity index (χ4n) is 3.29. The van der Waals surface area contributed by atoms with E-state index in [4.69, 9.17) is 9.47 Å². The zero-order valence-corrected chi connectivity index (χ0v) is 18.3. The SMILES string of the molecule is CCOC(=O)C(C)(C)Oc1c(C)cc(Cn2ncn(-c3ccc(F)cc3)c2=O)cc1C. The van der Waals surface area contributed by atoms with Crippen LogP contribution in [0, 0.1) is 19.7 Å². The van der Waals surface area contributed by atoms with Crippen molar-refractivity contribution >= 4 is 5.97 Å². The van der Waals surface area contributed by atoms with Crippen LogP contribution in [0.15, 0.2) is 47.5 Å². The molecule has 0 saturated heterocycles. The number of rotatable bonds is 7. The van der Waals surface area contributed by atoms with Crippen LogP contribution in [0.1, 0.15) is 37.5 Å². The fourth-order valence-corrected chi connectivity index (χ4v) is 3.29. The zero-order chi connectivity index (χ0) is 22.8. The standard InChI is InChI=1S/C23H26FN3O4/c1-6-30-21(28)23(4,5)31-20-15(2)11-17(12-16(20)3)13-27-22(29)26(14-25-27)19-9-7-18(24)8-10-19/h7-12,14H,6,13H2,1-5H3. The predicted octanol–water partition coefficient (Wildman–Crippen LogP) is 3.56. The molecule has 0 aliphatic carbocycles. The molecule has 0 unspecified atom stereocenters. The van der Waals surface area contributed by atoms with Gasteiger partial charge in [0.2, 0.25) is 0 Å². The maximum absolute atomic E-state index is 13.1. The van der Waals surface area contributed by atoms with Gasteiger partial charge in [-0.3, -0.25) is 0 Å². The molecule has 0 saturated carbocycles. The number of ether oxygens (including phenoxy) is 2. The van der Waals surface area contributed by atoms with Crippen molar-refractivity contribution in [3.63, 3.8) is 0 Å². The Morgan fingerprint density at radius 2 is 1.74 bits per heavy atom. The molecule has 164 valence electrons. The van der Waals surface area contributed by atoms with Crippen molar-refractivity contribution in [1.29, 1.82) is 0 Å². The molecule has 1 aromatic heterocycles. The van der Waals surface area contributed by atoms with Gasteiger partial charge in [-0.15, -0.1) is 0 Å². The van der Waals surface area contributed by atoms with Gasteiger partial charge in [-0.2, -0.15) is 5.10 Å². The Bertz CT molecular complexity index is 1120. The summed E-state index contributed by atoms with van der Waals surface area (Å²) in [5, 5.41) is 4.18. The number of halogens is 1. The van der Waals surface area contributed by atoms with Gasteiger partial charge in [-0.1, -0.05) is 12.1 Å². The second kappa shape index (κ2) is 8.75. The van der Waals surface area contributed by atoms with E-state index in [9.17, 15) is 14.0 Å². The number of hydrogen-bond acceptors (Lipinski definition) is 5. The topological polar surface area (TPSA) is 75.3 Å². The summed E-state index contributed by atoms with van der Waals surface area (Å²) in [7, 11) is 0. The lowest BCUT2D eigenvalue weighted by Gasteiger charge is -2.26. The molecule has 3 aromatic rings. The lowest BCUT2D eigenvalue weighted by atomic mass is 10.0. The number of aromatic nitrogens is 3. The highest BCUT2D eigenvalue weighted by Gasteiger charge is 2.32. The summed E-state index contributed by atoms with van der Waals surface area (Å²) >= 11 is 0. The summed E-state index contributed by atoms with van der Waals surface area (Å²) in [6.07, 6.45) is 1.41. The average Bonchev–Trinajstić information content (AvgIpc) is 3.06. The van der Waals surface area contributed by atoms with Gasteiger partial charge in [-0.05, 0) is 75.6 Å². The number of carbonyl (C=O) groups excluding carboxylic acids is 1. The molecule has 0 spiro atoms. The van der Waals surface area contributed by atoms with Crippen LogP contribution in [0.3, 0.4) is 0 Å². The molecule has 0 N–H and O–H groups in total. The van der Waals surface area contributed by atoms with Crippen molar-refractivity contribution in [3.05, 3.63) is 75.7 Å². The molecule has 2 aromatic carbocycles. The molecule has 1 heterocycles. The fraction of sp³-hybridized carbons (Fsp3) is 0.348. The number of benzene rings is 2. The first kappa shape index (κ1) is 22.3. The predicted molar refractivity (Wildman–Crippen MR) is 114 cm³/mol. The second-order valence-corrected chi connectivity index (χ2v) is 7.81. The molecular weight excluding hydrogens is 401 g/mol. The van der Waals surface area contributed by atoms with Crippen LogP contribution < -0.4 is 10.4 Å². The van der Waals surface area contributed by atoms with Crippen LogP contribution in [0.5, 0.6) is 5.75 Å². The van der Waals surface area contributed by atoms with Gasteiger partial charge in [0.05, 0.1) is 18.8 Å². The number of esters is 1. The maximum Gasteiger partial charge on any atom is 0.350 e. The number of aryl methyl sites for hydroxylation is 2. The van der Waals surface area contributed by atoms with E-state index in [0.29, 0.717) is 11.4 Å². The first-order valence-corrected chi connectivity index (χ1v) is 9.99. The maximum atomic E-state index is 13.1. The first-order chi connectivity index (χ1) is 14.6. The van der Waals surface area contributed by atoms with E-state index in [-0.39, 0.29) is 24.7 Å². The van der Waals surface area contributed by atoms with E-state index < -0.39 is 11.6 Å². The van der Waals surface area contributed by atoms with Crippen LogP contribution in [0.25, 0.3) is 5.69 Å². The average molecular weight is 427 g/mol. The van der Waals surface area contributed by atoms with Crippen LogP contribution >= 0.6 is 0 Å². The Kier molecular flexibility index (Phi) is 6.29. The summed E-state index contributed by atoms with van der Waals surface area (Å²) in [6, 6.07) is 9.42. The number of carbonyl (C=O) groups is 1. The molecule has 0 aliphatic heterocycles. The van der Waals surface area contributed by atoms with Crippen LogP contribution in [0.2, 0.25) is 0 Å². The quantitative estimate of drug-likeness (QED) is 0.539. The molecule has 3 rings (SSSR count). The minimum atomic E-state index is -1.13. The third-order valence-electron chi connectivity index (χ3n) is 4.81. The van der Waals surface area contributed by atoms with E-state index >= 15 is 0 Å². The molecule has 0 aliphatic rings. The van der Waals surface area contributed by atoms with E-state index in [1.807, 2.05) is 26.0 Å². The van der Waals surface area contributed by atoms with Crippen molar-refractivity contribution < 1.29 is 18.7 Å². The monoisotopic (exact) mass is 427 g/mol. The summed E-state index contributed by atoms with van der Waals surface area (Å²) in [4.78, 5) is 24.9. The molecular formula is C23H26FN3O4. The van der Waals surface area contributed by atoms with Gasteiger partial charge in [0.25, 0.3) is 0 Å². The van der Waals surface area contributed by atoms with Gasteiger partial charge >= 0.3 is 11.7 Å². The molecule has 31 heavy (non-hydrogen) atoms. The summed E-state index contributed by atoms with van der Waals surface area (Å²) < 4.78 is 26.9. The molecule has 0 atom stereocenters. The van der Waals surface area contributed by atoms with Crippen molar-refractivity contribution in [2.45, 2.75) is 46.8 Å². The van der Waals surface area contributed by atoms with E-state index in [0.717, 1.165) is 16.7 Å². The van der Waals surface area contributed by atoms with Gasteiger partial charge in [0.1, 0.15) is 17.9 Å². The minimum Gasteiger partial charge on any atom is -0.476 e. The Morgan fingerprint density at radius 3 is 2.32 bits per heavy atom. The van der Waals surface area contributed by atoms with Crippen LogP contribution in [-0.4, -0.2) is 32.5 Å². The Labute approximate surface area is 180 Å². The molecule has 0 radical (unpaired) electrons.